The summed E-state index contributed by atoms with van der Waals surface area (Å²) in [6, 6.07) is 1.55. The predicted molar refractivity (Wildman–Crippen MR) is 93.8 cm³/mol. The van der Waals surface area contributed by atoms with Crippen molar-refractivity contribution in [1.29, 1.82) is 0 Å². The highest BCUT2D eigenvalue weighted by Crippen LogP contribution is 2.40. The lowest BCUT2D eigenvalue weighted by Gasteiger charge is -2.33. The van der Waals surface area contributed by atoms with Gasteiger partial charge in [-0.1, -0.05) is 11.3 Å². The molecule has 1 aromatic carbocycles. The maximum Gasteiger partial charge on any atom is 0.251 e. The van der Waals surface area contributed by atoms with E-state index in [1.165, 1.54) is 11.3 Å². The van der Waals surface area contributed by atoms with E-state index >= 15 is 0 Å². The van der Waals surface area contributed by atoms with Gasteiger partial charge in [0.2, 0.25) is 0 Å². The minimum absolute atomic E-state index is 0.0146. The quantitative estimate of drug-likeness (QED) is 0.778. The van der Waals surface area contributed by atoms with Crippen molar-refractivity contribution in [2.24, 2.45) is 0 Å². The van der Waals surface area contributed by atoms with Gasteiger partial charge in [-0.05, 0) is 26.8 Å². The predicted octanol–water partition coefficient (Wildman–Crippen LogP) is 4.46. The summed E-state index contributed by atoms with van der Waals surface area (Å²) in [4.78, 5) is 6.13. The largest absolute Gasteiger partial charge is 0.396 e. The highest BCUT2D eigenvalue weighted by Gasteiger charge is 2.36. The van der Waals surface area contributed by atoms with Crippen LogP contribution < -0.4 is 16.0 Å². The molecule has 1 aliphatic heterocycles. The Balaban J connectivity index is 2.04. The molecule has 0 amide bonds. The number of thiazole rings is 1. The first kappa shape index (κ1) is 17.1. The number of fused-ring (bicyclic) bond motifs is 1. The van der Waals surface area contributed by atoms with E-state index in [1.54, 1.807) is 11.0 Å². The molecule has 1 fully saturated rings. The number of hydrogen-bond donors (Lipinski definition) is 2. The van der Waals surface area contributed by atoms with Crippen molar-refractivity contribution in [3.05, 3.63) is 11.9 Å². The van der Waals surface area contributed by atoms with E-state index < -0.39 is 11.7 Å². The fraction of sp³-hybridized carbons (Fsp3) is 0.562. The van der Waals surface area contributed by atoms with E-state index in [9.17, 15) is 13.2 Å². The number of nitrogen functional groups attached to an aromatic ring is 1. The molecule has 24 heavy (non-hydrogen) atoms. The summed E-state index contributed by atoms with van der Waals surface area (Å²) in [5, 5.41) is 3.92. The molecule has 0 atom stereocenters. The van der Waals surface area contributed by atoms with E-state index in [1.807, 2.05) is 20.8 Å². The van der Waals surface area contributed by atoms with Crippen molar-refractivity contribution >= 4 is 38.1 Å². The van der Waals surface area contributed by atoms with Gasteiger partial charge < -0.3 is 16.0 Å². The van der Waals surface area contributed by atoms with E-state index in [0.717, 1.165) is 4.70 Å². The third-order valence-corrected chi connectivity index (χ3v) is 4.84. The lowest BCUT2D eigenvalue weighted by Crippen LogP contribution is -2.40. The van der Waals surface area contributed by atoms with E-state index in [-0.39, 0.29) is 42.8 Å². The minimum Gasteiger partial charge on any atom is -0.396 e. The van der Waals surface area contributed by atoms with Gasteiger partial charge in [0.1, 0.15) is 11.2 Å². The Labute approximate surface area is 142 Å². The molecule has 0 bridgehead atoms. The first-order valence-corrected chi connectivity index (χ1v) is 8.67. The summed E-state index contributed by atoms with van der Waals surface area (Å²) in [5.74, 6) is -3.27. The molecular formula is C16H21F3N4S. The average molecular weight is 358 g/mol. The Morgan fingerprint density at radius 1 is 1.29 bits per heavy atom. The molecule has 8 heteroatoms. The number of hydrogen-bond acceptors (Lipinski definition) is 5. The van der Waals surface area contributed by atoms with Crippen LogP contribution in [0.4, 0.5) is 29.7 Å². The van der Waals surface area contributed by atoms with Gasteiger partial charge in [-0.25, -0.2) is 18.2 Å². The molecule has 3 N–H and O–H groups in total. The number of nitrogens with zero attached hydrogens (tertiary/aromatic N) is 2. The van der Waals surface area contributed by atoms with Crippen molar-refractivity contribution in [1.82, 2.24) is 4.98 Å². The highest BCUT2D eigenvalue weighted by atomic mass is 32.1. The fourth-order valence-electron chi connectivity index (χ4n) is 2.77. The topological polar surface area (TPSA) is 54.2 Å². The van der Waals surface area contributed by atoms with Gasteiger partial charge in [-0.3, -0.25) is 0 Å². The molecule has 4 nitrogen and oxygen atoms in total. The van der Waals surface area contributed by atoms with Gasteiger partial charge in [-0.15, -0.1) is 0 Å². The second-order valence-electron chi connectivity index (χ2n) is 7.21. The van der Waals surface area contributed by atoms with E-state index in [0.29, 0.717) is 10.6 Å². The smallest absolute Gasteiger partial charge is 0.251 e. The molecule has 3 rings (SSSR count). The van der Waals surface area contributed by atoms with Gasteiger partial charge >= 0.3 is 0 Å². The third kappa shape index (κ3) is 3.38. The zero-order valence-electron chi connectivity index (χ0n) is 13.9. The normalized spacial score (nSPS) is 18.2. The third-order valence-electron chi connectivity index (χ3n) is 3.92. The number of alkyl halides is 2. The summed E-state index contributed by atoms with van der Waals surface area (Å²) < 4.78 is 42.2. The summed E-state index contributed by atoms with van der Waals surface area (Å²) in [6.07, 6.45) is -0.583. The van der Waals surface area contributed by atoms with E-state index in [2.05, 4.69) is 10.3 Å². The number of benzene rings is 1. The molecule has 0 saturated carbocycles. The van der Waals surface area contributed by atoms with Crippen LogP contribution in [-0.2, 0) is 0 Å². The lowest BCUT2D eigenvalue weighted by atomic mass is 10.1. The van der Waals surface area contributed by atoms with Crippen LogP contribution in [-0.4, -0.2) is 29.5 Å². The zero-order valence-corrected chi connectivity index (χ0v) is 14.7. The van der Waals surface area contributed by atoms with Gasteiger partial charge in [0.15, 0.2) is 10.9 Å². The molecule has 2 aromatic rings. The van der Waals surface area contributed by atoms with Crippen molar-refractivity contribution in [2.75, 3.05) is 29.0 Å². The Bertz CT molecular complexity index is 757. The number of aromatic nitrogens is 1. The van der Waals surface area contributed by atoms with Crippen LogP contribution in [0.3, 0.4) is 0 Å². The Hall–Kier alpha value is -1.70. The van der Waals surface area contributed by atoms with E-state index in [4.69, 9.17) is 5.73 Å². The minimum atomic E-state index is -2.69. The van der Waals surface area contributed by atoms with Crippen LogP contribution in [0, 0.1) is 5.82 Å². The summed E-state index contributed by atoms with van der Waals surface area (Å²) in [6.45, 7) is 6.18. The zero-order chi connectivity index (χ0) is 17.7. The number of anilines is 3. The molecular weight excluding hydrogens is 337 g/mol. The molecule has 1 aromatic heterocycles. The van der Waals surface area contributed by atoms with Crippen LogP contribution in [0.2, 0.25) is 0 Å². The number of piperidine rings is 1. The standard InChI is InChI=1S/C16H21F3N4S/c1-15(2,3)22-14-21-12-10(24-14)8-9(20)11(17)13(12)23-6-4-16(18,19)5-7-23/h8H,4-7,20H2,1-3H3,(H,21,22). The molecule has 1 saturated heterocycles. The first-order chi connectivity index (χ1) is 11.1. The molecule has 0 radical (unpaired) electrons. The molecule has 0 unspecified atom stereocenters. The van der Waals surface area contributed by atoms with Crippen molar-refractivity contribution < 1.29 is 13.2 Å². The lowest BCUT2D eigenvalue weighted by molar-refractivity contribution is -0.0221. The fourth-order valence-corrected chi connectivity index (χ4v) is 3.89. The molecule has 0 aliphatic carbocycles. The van der Waals surface area contributed by atoms with Crippen LogP contribution >= 0.6 is 11.3 Å². The average Bonchev–Trinajstić information content (AvgIpc) is 2.80. The number of nitrogens with one attached hydrogen (secondary N) is 1. The number of halogens is 3. The first-order valence-electron chi connectivity index (χ1n) is 7.85. The number of nitrogens with two attached hydrogens (primary N) is 1. The van der Waals surface area contributed by atoms with Gasteiger partial charge in [0.05, 0.1) is 10.4 Å². The van der Waals surface area contributed by atoms with Crippen molar-refractivity contribution in [2.45, 2.75) is 45.1 Å². The summed E-state index contributed by atoms with van der Waals surface area (Å²) >= 11 is 1.38. The second-order valence-corrected chi connectivity index (χ2v) is 8.24. The van der Waals surface area contributed by atoms with Gasteiger partial charge in [0, 0.05) is 31.5 Å². The second kappa shape index (κ2) is 5.68. The van der Waals surface area contributed by atoms with Crippen LogP contribution in [0.25, 0.3) is 10.2 Å². The molecule has 132 valence electrons. The number of rotatable bonds is 2. The van der Waals surface area contributed by atoms with Crippen LogP contribution in [0.5, 0.6) is 0 Å². The molecule has 0 spiro atoms. The molecule has 1 aliphatic rings. The Morgan fingerprint density at radius 3 is 2.50 bits per heavy atom. The van der Waals surface area contributed by atoms with Gasteiger partial charge in [0.25, 0.3) is 5.92 Å². The molecule has 2 heterocycles. The van der Waals surface area contributed by atoms with Gasteiger partial charge in [-0.2, -0.15) is 0 Å². The maximum atomic E-state index is 14.6. The van der Waals surface area contributed by atoms with Crippen LogP contribution in [0.1, 0.15) is 33.6 Å². The summed E-state index contributed by atoms with van der Waals surface area (Å²) in [5.41, 5.74) is 6.33. The summed E-state index contributed by atoms with van der Waals surface area (Å²) in [7, 11) is 0. The van der Waals surface area contributed by atoms with Crippen molar-refractivity contribution in [3.8, 4) is 0 Å². The Kier molecular flexibility index (Phi) is 4.06. The highest BCUT2D eigenvalue weighted by molar-refractivity contribution is 7.22. The maximum absolute atomic E-state index is 14.6. The SMILES string of the molecule is CC(C)(C)Nc1nc2c(N3CCC(F)(F)CC3)c(F)c(N)cc2s1. The Morgan fingerprint density at radius 2 is 1.92 bits per heavy atom. The van der Waals surface area contributed by atoms with Crippen LogP contribution in [0.15, 0.2) is 6.07 Å². The monoisotopic (exact) mass is 358 g/mol. The van der Waals surface area contributed by atoms with Crippen molar-refractivity contribution in [3.63, 3.8) is 0 Å².